The third-order valence-corrected chi connectivity index (χ3v) is 5.07. The van der Waals surface area contributed by atoms with E-state index in [4.69, 9.17) is 0 Å². The molecule has 1 atom stereocenters. The van der Waals surface area contributed by atoms with Crippen LogP contribution in [-0.4, -0.2) is 31.7 Å². The molecule has 6 heteroatoms. The molecular formula is C23H24N4O2. The highest BCUT2D eigenvalue weighted by Gasteiger charge is 2.20. The predicted molar refractivity (Wildman–Crippen MR) is 112 cm³/mol. The van der Waals surface area contributed by atoms with Gasteiger partial charge in [-0.3, -0.25) is 4.79 Å². The van der Waals surface area contributed by atoms with Crippen LogP contribution in [0.1, 0.15) is 17.4 Å². The molecule has 2 N–H and O–H groups in total. The average molecular weight is 388 g/mol. The fourth-order valence-electron chi connectivity index (χ4n) is 3.63. The van der Waals surface area contributed by atoms with Gasteiger partial charge in [0.05, 0.1) is 11.0 Å². The quantitative estimate of drug-likeness (QED) is 0.488. The smallest absolute Gasteiger partial charge is 0.243 e. The van der Waals surface area contributed by atoms with Crippen LogP contribution in [0.4, 0.5) is 0 Å². The Morgan fingerprint density at radius 3 is 2.48 bits per heavy atom. The van der Waals surface area contributed by atoms with Crippen molar-refractivity contribution < 1.29 is 9.90 Å². The average Bonchev–Trinajstić information content (AvgIpc) is 3.41. The van der Waals surface area contributed by atoms with E-state index in [1.54, 1.807) is 0 Å². The van der Waals surface area contributed by atoms with Crippen molar-refractivity contribution in [1.29, 1.82) is 0 Å². The van der Waals surface area contributed by atoms with Gasteiger partial charge in [0.2, 0.25) is 5.91 Å². The van der Waals surface area contributed by atoms with Crippen molar-refractivity contribution >= 4 is 16.9 Å². The highest BCUT2D eigenvalue weighted by molar-refractivity contribution is 5.80. The Labute approximate surface area is 169 Å². The van der Waals surface area contributed by atoms with Crippen molar-refractivity contribution in [2.75, 3.05) is 6.54 Å². The molecule has 2 heterocycles. The molecule has 6 nitrogen and oxygen atoms in total. The third kappa shape index (κ3) is 4.22. The molecule has 29 heavy (non-hydrogen) atoms. The molecule has 0 aliphatic rings. The van der Waals surface area contributed by atoms with Crippen molar-refractivity contribution in [1.82, 2.24) is 19.4 Å². The number of aliphatic hydroxyl groups excluding tert-OH is 1. The van der Waals surface area contributed by atoms with Gasteiger partial charge in [-0.1, -0.05) is 42.5 Å². The number of aliphatic hydroxyl groups is 1. The third-order valence-electron chi connectivity index (χ3n) is 5.07. The first kappa shape index (κ1) is 19.0. The van der Waals surface area contributed by atoms with E-state index >= 15 is 0 Å². The molecule has 1 amide bonds. The van der Waals surface area contributed by atoms with E-state index in [0.29, 0.717) is 25.3 Å². The van der Waals surface area contributed by atoms with Crippen LogP contribution in [0.25, 0.3) is 11.0 Å². The predicted octanol–water partition coefficient (Wildman–Crippen LogP) is 2.93. The number of fused-ring (bicyclic) bond motifs is 1. The van der Waals surface area contributed by atoms with Crippen LogP contribution in [0.3, 0.4) is 0 Å². The number of hydrogen-bond donors (Lipinski definition) is 2. The summed E-state index contributed by atoms with van der Waals surface area (Å²) in [5.74, 6) is 0.576. The van der Waals surface area contributed by atoms with Crippen LogP contribution >= 0.6 is 0 Å². The Kier molecular flexibility index (Phi) is 5.72. The number of aromatic nitrogens is 3. The van der Waals surface area contributed by atoms with E-state index in [1.165, 1.54) is 0 Å². The topological polar surface area (TPSA) is 72.1 Å². The fraction of sp³-hybridized carbons (Fsp3) is 0.217. The zero-order chi connectivity index (χ0) is 20.1. The lowest BCUT2D eigenvalue weighted by molar-refractivity contribution is -0.124. The first-order chi connectivity index (χ1) is 14.3. The number of para-hydroxylation sites is 2. The van der Waals surface area contributed by atoms with Crippen molar-refractivity contribution in [3.8, 4) is 0 Å². The van der Waals surface area contributed by atoms with Crippen LogP contribution < -0.4 is 5.32 Å². The number of carbonyl (C=O) groups is 1. The Hall–Kier alpha value is -3.38. The first-order valence-electron chi connectivity index (χ1n) is 9.75. The molecule has 0 aliphatic heterocycles. The van der Waals surface area contributed by atoms with Gasteiger partial charge in [0.1, 0.15) is 18.5 Å². The number of amides is 1. The zero-order valence-corrected chi connectivity index (χ0v) is 16.1. The molecule has 0 spiro atoms. The maximum atomic E-state index is 13.0. The number of benzene rings is 2. The van der Waals surface area contributed by atoms with E-state index in [-0.39, 0.29) is 18.6 Å². The highest BCUT2D eigenvalue weighted by Crippen LogP contribution is 2.17. The minimum absolute atomic E-state index is 0.0278. The minimum atomic E-state index is -0.316. The molecule has 0 saturated heterocycles. The lowest BCUT2D eigenvalue weighted by atomic mass is 10.1. The van der Waals surface area contributed by atoms with Gasteiger partial charge < -0.3 is 19.6 Å². The number of imidazole rings is 1. The van der Waals surface area contributed by atoms with Crippen LogP contribution in [0.5, 0.6) is 0 Å². The van der Waals surface area contributed by atoms with Gasteiger partial charge in [0.25, 0.3) is 0 Å². The molecule has 0 aliphatic carbocycles. The molecular weight excluding hydrogens is 364 g/mol. The lowest BCUT2D eigenvalue weighted by Crippen LogP contribution is -2.35. The summed E-state index contributed by atoms with van der Waals surface area (Å²) in [4.78, 5) is 17.4. The van der Waals surface area contributed by atoms with Gasteiger partial charge in [-0.15, -0.1) is 0 Å². The van der Waals surface area contributed by atoms with Gasteiger partial charge in [-0.2, -0.15) is 0 Å². The molecule has 0 fully saturated rings. The largest absolute Gasteiger partial charge is 0.388 e. The number of nitrogens with one attached hydrogen (secondary N) is 1. The van der Waals surface area contributed by atoms with Gasteiger partial charge in [-0.25, -0.2) is 4.98 Å². The van der Waals surface area contributed by atoms with Crippen LogP contribution in [-0.2, 0) is 24.4 Å². The maximum absolute atomic E-state index is 13.0. The van der Waals surface area contributed by atoms with Crippen molar-refractivity contribution in [3.05, 3.63) is 90.5 Å². The molecule has 4 aromatic rings. The van der Waals surface area contributed by atoms with E-state index < -0.39 is 0 Å². The van der Waals surface area contributed by atoms with Crippen LogP contribution in [0.2, 0.25) is 0 Å². The SMILES string of the molecule is O=C(NCCn1c(CO)nc2ccccc21)C(Cc1ccccc1)n1cccc1. The van der Waals surface area contributed by atoms with Gasteiger partial charge in [-0.05, 0) is 29.8 Å². The second-order valence-corrected chi connectivity index (χ2v) is 6.95. The monoisotopic (exact) mass is 388 g/mol. The first-order valence-corrected chi connectivity index (χ1v) is 9.75. The molecule has 2 aromatic carbocycles. The number of rotatable bonds is 8. The summed E-state index contributed by atoms with van der Waals surface area (Å²) in [7, 11) is 0. The summed E-state index contributed by atoms with van der Waals surface area (Å²) < 4.78 is 3.89. The zero-order valence-electron chi connectivity index (χ0n) is 16.1. The Morgan fingerprint density at radius 1 is 1.00 bits per heavy atom. The maximum Gasteiger partial charge on any atom is 0.243 e. The van der Waals surface area contributed by atoms with Crippen LogP contribution in [0.15, 0.2) is 79.1 Å². The van der Waals surface area contributed by atoms with Crippen molar-refractivity contribution in [3.63, 3.8) is 0 Å². The summed E-state index contributed by atoms with van der Waals surface area (Å²) in [5, 5.41) is 12.7. The molecule has 4 rings (SSSR count). The highest BCUT2D eigenvalue weighted by atomic mass is 16.3. The Morgan fingerprint density at radius 2 is 1.72 bits per heavy atom. The molecule has 0 saturated carbocycles. The van der Waals surface area contributed by atoms with E-state index in [0.717, 1.165) is 16.6 Å². The molecule has 0 radical (unpaired) electrons. The Bertz CT molecular complexity index is 1070. The second-order valence-electron chi connectivity index (χ2n) is 6.95. The summed E-state index contributed by atoms with van der Waals surface area (Å²) in [5.41, 5.74) is 2.92. The number of carbonyl (C=O) groups excluding carboxylic acids is 1. The van der Waals surface area contributed by atoms with E-state index in [2.05, 4.69) is 10.3 Å². The lowest BCUT2D eigenvalue weighted by Gasteiger charge is -2.19. The molecule has 0 bridgehead atoms. The molecule has 148 valence electrons. The minimum Gasteiger partial charge on any atom is -0.388 e. The van der Waals surface area contributed by atoms with E-state index in [9.17, 15) is 9.90 Å². The summed E-state index contributed by atoms with van der Waals surface area (Å²) in [6.45, 7) is 0.868. The summed E-state index contributed by atoms with van der Waals surface area (Å²) in [6.07, 6.45) is 4.46. The standard InChI is InChI=1S/C23H24N4O2/c28-17-22-25-19-10-4-5-11-20(19)27(22)15-12-24-23(29)21(26-13-6-7-14-26)16-18-8-2-1-3-9-18/h1-11,13-14,21,28H,12,15-17H2,(H,24,29). The summed E-state index contributed by atoms with van der Waals surface area (Å²) >= 11 is 0. The normalized spacial score (nSPS) is 12.2. The number of nitrogens with zero attached hydrogens (tertiary/aromatic N) is 3. The molecule has 1 unspecified atom stereocenters. The van der Waals surface area contributed by atoms with Gasteiger partial charge in [0, 0.05) is 31.9 Å². The number of hydrogen-bond acceptors (Lipinski definition) is 3. The van der Waals surface area contributed by atoms with Crippen molar-refractivity contribution in [2.45, 2.75) is 25.6 Å². The molecule has 2 aromatic heterocycles. The van der Waals surface area contributed by atoms with E-state index in [1.807, 2.05) is 88.3 Å². The summed E-state index contributed by atoms with van der Waals surface area (Å²) in [6, 6.07) is 21.3. The van der Waals surface area contributed by atoms with Gasteiger partial charge in [0.15, 0.2) is 0 Å². The Balaban J connectivity index is 1.46. The van der Waals surface area contributed by atoms with Crippen LogP contribution in [0, 0.1) is 0 Å². The van der Waals surface area contributed by atoms with Crippen molar-refractivity contribution in [2.24, 2.45) is 0 Å². The fourth-order valence-corrected chi connectivity index (χ4v) is 3.63. The second kappa shape index (κ2) is 8.75. The van der Waals surface area contributed by atoms with Gasteiger partial charge >= 0.3 is 0 Å².